The van der Waals surface area contributed by atoms with Gasteiger partial charge in [0.1, 0.15) is 5.82 Å². The first-order valence-corrected chi connectivity index (χ1v) is 5.28. The molecule has 0 atom stereocenters. The second-order valence-corrected chi connectivity index (χ2v) is 3.63. The van der Waals surface area contributed by atoms with E-state index in [1.165, 1.54) is 6.07 Å². The second-order valence-electron chi connectivity index (χ2n) is 3.63. The number of benzene rings is 1. The zero-order valence-corrected chi connectivity index (χ0v) is 9.56. The third-order valence-electron chi connectivity index (χ3n) is 2.55. The van der Waals surface area contributed by atoms with E-state index < -0.39 is 0 Å². The highest BCUT2D eigenvalue weighted by Gasteiger charge is 2.11. The summed E-state index contributed by atoms with van der Waals surface area (Å²) >= 11 is 0. The number of aromatic nitrogens is 2. The van der Waals surface area contributed by atoms with Crippen molar-refractivity contribution >= 4 is 0 Å². The predicted molar refractivity (Wildman–Crippen MR) is 62.2 cm³/mol. The molecule has 4 nitrogen and oxygen atoms in total. The van der Waals surface area contributed by atoms with E-state index in [-0.39, 0.29) is 5.82 Å². The van der Waals surface area contributed by atoms with E-state index in [1.807, 2.05) is 0 Å². The van der Waals surface area contributed by atoms with Crippen molar-refractivity contribution in [1.82, 2.24) is 9.78 Å². The zero-order chi connectivity index (χ0) is 12.3. The van der Waals surface area contributed by atoms with Gasteiger partial charge in [-0.25, -0.2) is 9.07 Å². The van der Waals surface area contributed by atoms with Crippen LogP contribution in [0, 0.1) is 5.82 Å². The molecule has 0 aliphatic carbocycles. The van der Waals surface area contributed by atoms with E-state index in [2.05, 4.69) is 5.10 Å². The number of halogens is 1. The molecule has 0 spiro atoms. The van der Waals surface area contributed by atoms with Crippen LogP contribution in [0.1, 0.15) is 11.1 Å². The third kappa shape index (κ3) is 2.29. The van der Waals surface area contributed by atoms with Crippen LogP contribution < -0.4 is 10.5 Å². The third-order valence-corrected chi connectivity index (χ3v) is 2.55. The predicted octanol–water partition coefficient (Wildman–Crippen LogP) is 1.54. The minimum Gasteiger partial charge on any atom is -0.481 e. The van der Waals surface area contributed by atoms with Gasteiger partial charge >= 0.3 is 0 Å². The maximum Gasteiger partial charge on any atom is 0.216 e. The number of hydrogen-bond donors (Lipinski definition) is 1. The Bertz CT molecular complexity index is 510. The molecule has 0 fully saturated rings. The maximum atomic E-state index is 13.5. The monoisotopic (exact) mass is 235 g/mol. The van der Waals surface area contributed by atoms with Crippen LogP contribution in [0.5, 0.6) is 5.88 Å². The molecule has 2 N–H and O–H groups in total. The molecule has 0 saturated carbocycles. The molecule has 0 aliphatic rings. The maximum absolute atomic E-state index is 13.5. The summed E-state index contributed by atoms with van der Waals surface area (Å²) in [6.45, 7) is 0.677. The van der Waals surface area contributed by atoms with Gasteiger partial charge in [-0.2, -0.15) is 5.10 Å². The molecule has 1 aromatic carbocycles. The standard InChI is InChI=1S/C12H14FN3O/c1-17-12-10(6-14)7-15-16(12)8-9-4-2-3-5-11(9)13/h2-5,7H,6,8,14H2,1H3. The molecule has 90 valence electrons. The first kappa shape index (κ1) is 11.6. The number of methoxy groups -OCH3 is 1. The second kappa shape index (κ2) is 4.97. The zero-order valence-electron chi connectivity index (χ0n) is 9.56. The molecule has 0 unspecified atom stereocenters. The molecular weight excluding hydrogens is 221 g/mol. The molecule has 2 aromatic rings. The quantitative estimate of drug-likeness (QED) is 0.874. The van der Waals surface area contributed by atoms with Crippen LogP contribution in [-0.4, -0.2) is 16.9 Å². The summed E-state index contributed by atoms with van der Waals surface area (Å²) in [5.74, 6) is 0.329. The minimum atomic E-state index is -0.251. The van der Waals surface area contributed by atoms with Gasteiger partial charge in [0.2, 0.25) is 5.88 Å². The van der Waals surface area contributed by atoms with Gasteiger partial charge in [-0.3, -0.25) is 0 Å². The van der Waals surface area contributed by atoms with E-state index in [0.29, 0.717) is 24.5 Å². The number of nitrogens with two attached hydrogens (primary N) is 1. The molecule has 5 heteroatoms. The lowest BCUT2D eigenvalue weighted by Gasteiger charge is -2.08. The topological polar surface area (TPSA) is 53.1 Å². The summed E-state index contributed by atoms with van der Waals surface area (Å²) in [7, 11) is 1.55. The molecule has 0 radical (unpaired) electrons. The van der Waals surface area contributed by atoms with E-state index >= 15 is 0 Å². The normalized spacial score (nSPS) is 10.5. The minimum absolute atomic E-state index is 0.251. The summed E-state index contributed by atoms with van der Waals surface area (Å²) < 4.78 is 20.3. The van der Waals surface area contributed by atoms with Gasteiger partial charge < -0.3 is 10.5 Å². The molecule has 0 amide bonds. The van der Waals surface area contributed by atoms with Gasteiger partial charge in [0.25, 0.3) is 0 Å². The average Bonchev–Trinajstić information content (AvgIpc) is 2.74. The Kier molecular flexibility index (Phi) is 3.39. The van der Waals surface area contributed by atoms with Crippen LogP contribution >= 0.6 is 0 Å². The fraction of sp³-hybridized carbons (Fsp3) is 0.250. The molecule has 0 saturated heterocycles. The summed E-state index contributed by atoms with van der Waals surface area (Å²) in [4.78, 5) is 0. The molecule has 2 rings (SSSR count). The lowest BCUT2D eigenvalue weighted by atomic mass is 10.2. The summed E-state index contributed by atoms with van der Waals surface area (Å²) in [5.41, 5.74) is 6.93. The average molecular weight is 235 g/mol. The summed E-state index contributed by atoms with van der Waals surface area (Å²) in [5, 5.41) is 4.14. The van der Waals surface area contributed by atoms with Crippen molar-refractivity contribution in [2.45, 2.75) is 13.1 Å². The van der Waals surface area contributed by atoms with Gasteiger partial charge in [0, 0.05) is 17.7 Å². The van der Waals surface area contributed by atoms with Crippen LogP contribution in [0.4, 0.5) is 4.39 Å². The molecule has 0 aliphatic heterocycles. The molecule has 0 bridgehead atoms. The lowest BCUT2D eigenvalue weighted by molar-refractivity contribution is 0.361. The first-order chi connectivity index (χ1) is 8.26. The van der Waals surface area contributed by atoms with Crippen LogP contribution in [0.15, 0.2) is 30.5 Å². The number of rotatable bonds is 4. The Morgan fingerprint density at radius 3 is 2.76 bits per heavy atom. The van der Waals surface area contributed by atoms with Crippen molar-refractivity contribution in [2.24, 2.45) is 5.73 Å². The Morgan fingerprint density at radius 1 is 1.35 bits per heavy atom. The molecular formula is C12H14FN3O. The van der Waals surface area contributed by atoms with Crippen LogP contribution in [0.3, 0.4) is 0 Å². The van der Waals surface area contributed by atoms with Crippen molar-refractivity contribution in [3.8, 4) is 5.88 Å². The van der Waals surface area contributed by atoms with Gasteiger partial charge in [-0.1, -0.05) is 18.2 Å². The van der Waals surface area contributed by atoms with E-state index in [9.17, 15) is 4.39 Å². The molecule has 17 heavy (non-hydrogen) atoms. The number of ether oxygens (including phenoxy) is 1. The number of hydrogen-bond acceptors (Lipinski definition) is 3. The highest BCUT2D eigenvalue weighted by molar-refractivity contribution is 5.26. The Balaban J connectivity index is 2.30. The summed E-state index contributed by atoms with van der Waals surface area (Å²) in [6.07, 6.45) is 1.64. The lowest BCUT2D eigenvalue weighted by Crippen LogP contribution is -2.07. The summed E-state index contributed by atoms with van der Waals surface area (Å²) in [6, 6.07) is 6.59. The van der Waals surface area contributed by atoms with Gasteiger partial charge in [-0.15, -0.1) is 0 Å². The van der Waals surface area contributed by atoms with E-state index in [1.54, 1.807) is 36.2 Å². The van der Waals surface area contributed by atoms with Crippen molar-refractivity contribution in [3.63, 3.8) is 0 Å². The van der Waals surface area contributed by atoms with Gasteiger partial charge in [0.05, 0.1) is 19.9 Å². The SMILES string of the molecule is COc1c(CN)cnn1Cc1ccccc1F. The van der Waals surface area contributed by atoms with Crippen molar-refractivity contribution in [1.29, 1.82) is 0 Å². The van der Waals surface area contributed by atoms with Gasteiger partial charge in [0.15, 0.2) is 0 Å². The van der Waals surface area contributed by atoms with Crippen molar-refractivity contribution in [3.05, 3.63) is 47.4 Å². The van der Waals surface area contributed by atoms with Crippen LogP contribution in [-0.2, 0) is 13.1 Å². The van der Waals surface area contributed by atoms with E-state index in [0.717, 1.165) is 5.56 Å². The fourth-order valence-corrected chi connectivity index (χ4v) is 1.69. The number of nitrogens with zero attached hydrogens (tertiary/aromatic N) is 2. The van der Waals surface area contributed by atoms with E-state index in [4.69, 9.17) is 10.5 Å². The first-order valence-electron chi connectivity index (χ1n) is 5.28. The highest BCUT2D eigenvalue weighted by atomic mass is 19.1. The largest absolute Gasteiger partial charge is 0.481 e. The van der Waals surface area contributed by atoms with Gasteiger partial charge in [-0.05, 0) is 6.07 Å². The Hall–Kier alpha value is -1.88. The molecule has 1 heterocycles. The van der Waals surface area contributed by atoms with Crippen LogP contribution in [0.25, 0.3) is 0 Å². The van der Waals surface area contributed by atoms with Crippen molar-refractivity contribution in [2.75, 3.05) is 7.11 Å². The Labute approximate surface area is 98.8 Å². The van der Waals surface area contributed by atoms with Crippen LogP contribution in [0.2, 0.25) is 0 Å². The molecule has 1 aromatic heterocycles. The fourth-order valence-electron chi connectivity index (χ4n) is 1.69. The van der Waals surface area contributed by atoms with Crippen molar-refractivity contribution < 1.29 is 9.13 Å². The smallest absolute Gasteiger partial charge is 0.216 e. The Morgan fingerprint density at radius 2 is 2.12 bits per heavy atom. The highest BCUT2D eigenvalue weighted by Crippen LogP contribution is 2.19.